The van der Waals surface area contributed by atoms with Crippen LogP contribution < -0.4 is 0 Å². The molecule has 0 aliphatic rings. The molecule has 0 fully saturated rings. The lowest BCUT2D eigenvalue weighted by molar-refractivity contribution is -0.159. The molecule has 8 heteroatoms. The van der Waals surface area contributed by atoms with Crippen LogP contribution >= 0.6 is 0 Å². The van der Waals surface area contributed by atoms with Crippen LogP contribution in [0.15, 0.2) is 59.3 Å². The van der Waals surface area contributed by atoms with Gasteiger partial charge in [-0.15, -0.1) is 0 Å². The van der Waals surface area contributed by atoms with E-state index in [0.717, 1.165) is 16.5 Å². The molecule has 4 aromatic rings. The van der Waals surface area contributed by atoms with Gasteiger partial charge in [-0.3, -0.25) is 4.68 Å². The van der Waals surface area contributed by atoms with Crippen molar-refractivity contribution in [3.63, 3.8) is 0 Å². The van der Waals surface area contributed by atoms with E-state index in [9.17, 15) is 13.2 Å². The van der Waals surface area contributed by atoms with Gasteiger partial charge in [0.2, 0.25) is 5.82 Å². The topological polar surface area (TPSA) is 56.7 Å². The van der Waals surface area contributed by atoms with Crippen LogP contribution in [0.4, 0.5) is 13.2 Å². The van der Waals surface area contributed by atoms with E-state index in [1.165, 1.54) is 0 Å². The molecule has 5 nitrogen and oxygen atoms in total. The molecule has 0 atom stereocenters. The van der Waals surface area contributed by atoms with Crippen LogP contribution in [-0.4, -0.2) is 19.9 Å². The van der Waals surface area contributed by atoms with Gasteiger partial charge in [-0.25, -0.2) is 0 Å². The Hall–Kier alpha value is -3.16. The van der Waals surface area contributed by atoms with Gasteiger partial charge in [0, 0.05) is 10.9 Å². The summed E-state index contributed by atoms with van der Waals surface area (Å²) in [5, 5.41) is 8.78. The van der Waals surface area contributed by atoms with Crippen LogP contribution in [0, 0.1) is 0 Å². The molecule has 0 N–H and O–H groups in total. The Labute approximate surface area is 139 Å². The molecule has 0 spiro atoms. The minimum Gasteiger partial charge on any atom is -0.329 e. The number of fused-ring (bicyclic) bond motifs is 1. The molecule has 0 saturated carbocycles. The van der Waals surface area contributed by atoms with E-state index in [2.05, 4.69) is 19.8 Å². The third kappa shape index (κ3) is 2.98. The van der Waals surface area contributed by atoms with E-state index in [-0.39, 0.29) is 5.82 Å². The summed E-state index contributed by atoms with van der Waals surface area (Å²) in [5.74, 6) is -1.45. The standard InChI is InChI=1S/C17H11F3N4O/c18-17(19,20)16-22-15(23-25-16)12-7-5-11(6-8-12)10-24-14-4-2-1-3-13(14)9-21-24/h1-9H,10H2. The van der Waals surface area contributed by atoms with Gasteiger partial charge in [0.25, 0.3) is 0 Å². The normalized spacial score (nSPS) is 12.0. The van der Waals surface area contributed by atoms with Crippen LogP contribution in [0.2, 0.25) is 0 Å². The zero-order valence-electron chi connectivity index (χ0n) is 12.7. The fourth-order valence-electron chi connectivity index (χ4n) is 2.54. The summed E-state index contributed by atoms with van der Waals surface area (Å²) in [5.41, 5.74) is 2.42. The van der Waals surface area contributed by atoms with Crippen LogP contribution in [0.1, 0.15) is 11.5 Å². The first-order valence-corrected chi connectivity index (χ1v) is 7.41. The first kappa shape index (κ1) is 15.4. The van der Waals surface area contributed by atoms with E-state index in [4.69, 9.17) is 0 Å². The van der Waals surface area contributed by atoms with Crippen molar-refractivity contribution in [1.82, 2.24) is 19.9 Å². The van der Waals surface area contributed by atoms with Gasteiger partial charge >= 0.3 is 12.1 Å². The van der Waals surface area contributed by atoms with E-state index < -0.39 is 12.1 Å². The first-order valence-electron chi connectivity index (χ1n) is 7.41. The summed E-state index contributed by atoms with van der Waals surface area (Å²) in [6.07, 6.45) is -2.85. The second-order valence-electron chi connectivity index (χ2n) is 5.48. The lowest BCUT2D eigenvalue weighted by Gasteiger charge is -2.04. The van der Waals surface area contributed by atoms with Crippen molar-refractivity contribution in [1.29, 1.82) is 0 Å². The molecule has 0 aliphatic carbocycles. The second kappa shape index (κ2) is 5.73. The summed E-state index contributed by atoms with van der Waals surface area (Å²) in [4.78, 5) is 3.38. The van der Waals surface area contributed by atoms with Crippen molar-refractivity contribution in [2.45, 2.75) is 12.7 Å². The summed E-state index contributed by atoms with van der Waals surface area (Å²) in [7, 11) is 0. The lowest BCUT2D eigenvalue weighted by Crippen LogP contribution is -2.04. The average Bonchev–Trinajstić information content (AvgIpc) is 3.23. The van der Waals surface area contributed by atoms with Crippen LogP contribution in [0.25, 0.3) is 22.3 Å². The maximum absolute atomic E-state index is 12.5. The third-order valence-corrected chi connectivity index (χ3v) is 3.76. The number of alkyl halides is 3. The highest BCUT2D eigenvalue weighted by Gasteiger charge is 2.38. The number of aromatic nitrogens is 4. The highest BCUT2D eigenvalue weighted by atomic mass is 19.4. The Bertz CT molecular complexity index is 1020. The number of nitrogens with zero attached hydrogens (tertiary/aromatic N) is 4. The zero-order valence-corrected chi connectivity index (χ0v) is 12.7. The van der Waals surface area contributed by atoms with Gasteiger partial charge < -0.3 is 4.52 Å². The molecule has 126 valence electrons. The Morgan fingerprint density at radius 2 is 1.76 bits per heavy atom. The Morgan fingerprint density at radius 1 is 1.00 bits per heavy atom. The molecule has 0 unspecified atom stereocenters. The molecule has 0 amide bonds. The monoisotopic (exact) mass is 344 g/mol. The summed E-state index contributed by atoms with van der Waals surface area (Å²) < 4.78 is 43.7. The first-order chi connectivity index (χ1) is 12.0. The van der Waals surface area contributed by atoms with Crippen LogP contribution in [-0.2, 0) is 12.7 Å². The maximum atomic E-state index is 12.5. The van der Waals surface area contributed by atoms with Gasteiger partial charge in [0.15, 0.2) is 0 Å². The van der Waals surface area contributed by atoms with E-state index in [1.54, 1.807) is 30.5 Å². The number of hydrogen-bond donors (Lipinski definition) is 0. The fraction of sp³-hybridized carbons (Fsp3) is 0.118. The smallest absolute Gasteiger partial charge is 0.329 e. The number of halogens is 3. The van der Waals surface area contributed by atoms with E-state index in [0.29, 0.717) is 12.1 Å². The predicted octanol–water partition coefficient (Wildman–Crippen LogP) is 4.15. The van der Waals surface area contributed by atoms with Crippen molar-refractivity contribution in [3.8, 4) is 11.4 Å². The molecular weight excluding hydrogens is 333 g/mol. The molecule has 0 saturated heterocycles. The van der Waals surface area contributed by atoms with Crippen molar-refractivity contribution in [2.75, 3.05) is 0 Å². The Kier molecular flexibility index (Phi) is 3.52. The van der Waals surface area contributed by atoms with Crippen molar-refractivity contribution in [2.24, 2.45) is 0 Å². The quantitative estimate of drug-likeness (QED) is 0.560. The van der Waals surface area contributed by atoms with Crippen LogP contribution in [0.5, 0.6) is 0 Å². The number of para-hydroxylation sites is 1. The van der Waals surface area contributed by atoms with Crippen molar-refractivity contribution in [3.05, 3.63) is 66.2 Å². The highest BCUT2D eigenvalue weighted by molar-refractivity contribution is 5.78. The van der Waals surface area contributed by atoms with E-state index >= 15 is 0 Å². The number of hydrogen-bond acceptors (Lipinski definition) is 4. The summed E-state index contributed by atoms with van der Waals surface area (Å²) >= 11 is 0. The van der Waals surface area contributed by atoms with Crippen molar-refractivity contribution < 1.29 is 17.7 Å². The minimum absolute atomic E-state index is 0.0941. The molecule has 2 heterocycles. The maximum Gasteiger partial charge on any atom is 0.471 e. The summed E-state index contributed by atoms with van der Waals surface area (Å²) in [6.45, 7) is 0.549. The average molecular weight is 344 g/mol. The van der Waals surface area contributed by atoms with Gasteiger partial charge in [0.05, 0.1) is 18.3 Å². The number of benzene rings is 2. The largest absolute Gasteiger partial charge is 0.471 e. The minimum atomic E-state index is -4.65. The molecule has 25 heavy (non-hydrogen) atoms. The van der Waals surface area contributed by atoms with Gasteiger partial charge in [-0.2, -0.15) is 23.3 Å². The van der Waals surface area contributed by atoms with Gasteiger partial charge in [0.1, 0.15) is 0 Å². The molecule has 0 aliphatic heterocycles. The zero-order chi connectivity index (χ0) is 17.4. The molecular formula is C17H11F3N4O. The fourth-order valence-corrected chi connectivity index (χ4v) is 2.54. The summed E-state index contributed by atoms with van der Waals surface area (Å²) in [6, 6.07) is 14.8. The number of rotatable bonds is 3. The second-order valence-corrected chi connectivity index (χ2v) is 5.48. The molecule has 4 rings (SSSR count). The molecule has 2 aromatic carbocycles. The van der Waals surface area contributed by atoms with E-state index in [1.807, 2.05) is 28.9 Å². The molecule has 0 bridgehead atoms. The third-order valence-electron chi connectivity index (χ3n) is 3.76. The Balaban J connectivity index is 1.57. The van der Waals surface area contributed by atoms with Crippen molar-refractivity contribution >= 4 is 10.9 Å². The Morgan fingerprint density at radius 3 is 2.48 bits per heavy atom. The lowest BCUT2D eigenvalue weighted by atomic mass is 10.1. The van der Waals surface area contributed by atoms with Crippen LogP contribution in [0.3, 0.4) is 0 Å². The molecule has 0 radical (unpaired) electrons. The van der Waals surface area contributed by atoms with Gasteiger partial charge in [-0.1, -0.05) is 47.6 Å². The predicted molar refractivity (Wildman–Crippen MR) is 83.6 cm³/mol. The highest BCUT2D eigenvalue weighted by Crippen LogP contribution is 2.29. The molecule has 2 aromatic heterocycles. The van der Waals surface area contributed by atoms with Gasteiger partial charge in [-0.05, 0) is 11.6 Å². The SMILES string of the molecule is FC(F)(F)c1nc(-c2ccc(Cn3ncc4ccccc43)cc2)no1.